The zero-order valence-electron chi connectivity index (χ0n) is 6.36. The van der Waals surface area contributed by atoms with E-state index in [1.165, 1.54) is 0 Å². The standard InChI is InChI=1S/C7H11NO3/c1-8-4-2-5(11-3-4)6(8)7(9)10/h4-6H,2-3H2,1H3,(H,9,10). The van der Waals surface area contributed by atoms with Gasteiger partial charge in [-0.15, -0.1) is 0 Å². The number of carboxylic acids is 1. The van der Waals surface area contributed by atoms with E-state index in [0.29, 0.717) is 12.6 Å². The molecule has 4 heteroatoms. The van der Waals surface area contributed by atoms with E-state index in [0.717, 1.165) is 6.42 Å². The normalized spacial score (nSPS) is 43.2. The van der Waals surface area contributed by atoms with Gasteiger partial charge in [-0.25, -0.2) is 0 Å². The Morgan fingerprint density at radius 2 is 2.45 bits per heavy atom. The first kappa shape index (κ1) is 7.06. The molecule has 1 N–H and O–H groups in total. The maximum absolute atomic E-state index is 10.7. The fraction of sp³-hybridized carbons (Fsp3) is 0.857. The van der Waals surface area contributed by atoms with Crippen LogP contribution in [-0.2, 0) is 9.53 Å². The summed E-state index contributed by atoms with van der Waals surface area (Å²) in [6, 6.07) is -0.0742. The van der Waals surface area contributed by atoms with Gasteiger partial charge in [0, 0.05) is 6.04 Å². The first-order chi connectivity index (χ1) is 5.20. The second kappa shape index (κ2) is 2.19. The van der Waals surface area contributed by atoms with E-state index < -0.39 is 12.0 Å². The third-order valence-corrected chi connectivity index (χ3v) is 2.63. The summed E-state index contributed by atoms with van der Waals surface area (Å²) in [7, 11) is 1.85. The Morgan fingerprint density at radius 1 is 1.73 bits per heavy atom. The summed E-state index contributed by atoms with van der Waals surface area (Å²) < 4.78 is 5.27. The lowest BCUT2D eigenvalue weighted by molar-refractivity contribution is -0.149. The lowest BCUT2D eigenvalue weighted by Crippen LogP contribution is -2.47. The molecular weight excluding hydrogens is 146 g/mol. The molecule has 2 rings (SSSR count). The molecule has 2 bridgehead atoms. The summed E-state index contributed by atoms with van der Waals surface area (Å²) in [5.41, 5.74) is 0. The van der Waals surface area contributed by atoms with Gasteiger partial charge in [-0.2, -0.15) is 0 Å². The van der Waals surface area contributed by atoms with Crippen LogP contribution in [0, 0.1) is 0 Å². The van der Waals surface area contributed by atoms with Gasteiger partial charge in [0.15, 0.2) is 0 Å². The number of fused-ring (bicyclic) bond motifs is 2. The van der Waals surface area contributed by atoms with Crippen molar-refractivity contribution >= 4 is 5.97 Å². The number of likely N-dealkylation sites (N-methyl/N-ethyl adjacent to an activating group) is 1. The summed E-state index contributed by atoms with van der Waals surface area (Å²) in [6.07, 6.45) is 0.815. The summed E-state index contributed by atoms with van der Waals surface area (Å²) in [6.45, 7) is 0.699. The van der Waals surface area contributed by atoms with Crippen molar-refractivity contribution in [2.45, 2.75) is 24.6 Å². The number of carbonyl (C=O) groups is 1. The van der Waals surface area contributed by atoms with Crippen molar-refractivity contribution < 1.29 is 14.6 Å². The quantitative estimate of drug-likeness (QED) is 0.559. The maximum Gasteiger partial charge on any atom is 0.323 e. The highest BCUT2D eigenvalue weighted by Gasteiger charge is 2.48. The molecule has 2 fully saturated rings. The van der Waals surface area contributed by atoms with Crippen LogP contribution in [0.5, 0.6) is 0 Å². The van der Waals surface area contributed by atoms with Crippen LogP contribution in [0.3, 0.4) is 0 Å². The van der Waals surface area contributed by atoms with E-state index in [4.69, 9.17) is 9.84 Å². The minimum absolute atomic E-state index is 0.0671. The van der Waals surface area contributed by atoms with Crippen molar-refractivity contribution in [1.82, 2.24) is 4.90 Å². The molecule has 0 aromatic rings. The molecular formula is C7H11NO3. The monoisotopic (exact) mass is 157 g/mol. The van der Waals surface area contributed by atoms with Crippen molar-refractivity contribution in [3.05, 3.63) is 0 Å². The first-order valence-electron chi connectivity index (χ1n) is 3.76. The van der Waals surface area contributed by atoms with Crippen molar-refractivity contribution in [3.63, 3.8) is 0 Å². The number of rotatable bonds is 1. The maximum atomic E-state index is 10.7. The molecule has 0 amide bonds. The molecule has 3 unspecified atom stereocenters. The molecule has 62 valence electrons. The fourth-order valence-electron chi connectivity index (χ4n) is 1.97. The number of carboxylic acid groups (broad SMARTS) is 1. The van der Waals surface area contributed by atoms with Crippen LogP contribution in [0.1, 0.15) is 6.42 Å². The van der Waals surface area contributed by atoms with Gasteiger partial charge in [-0.05, 0) is 13.5 Å². The van der Waals surface area contributed by atoms with Gasteiger partial charge in [0.1, 0.15) is 6.04 Å². The Bertz CT molecular complexity index is 192. The Morgan fingerprint density at radius 3 is 2.82 bits per heavy atom. The second-order valence-corrected chi connectivity index (χ2v) is 3.21. The highest BCUT2D eigenvalue weighted by Crippen LogP contribution is 2.31. The van der Waals surface area contributed by atoms with Gasteiger partial charge in [-0.1, -0.05) is 0 Å². The number of morpholine rings is 1. The predicted molar refractivity (Wildman–Crippen MR) is 37.3 cm³/mol. The van der Waals surface area contributed by atoms with Gasteiger partial charge >= 0.3 is 5.97 Å². The van der Waals surface area contributed by atoms with Gasteiger partial charge in [0.25, 0.3) is 0 Å². The van der Waals surface area contributed by atoms with E-state index in [1.54, 1.807) is 0 Å². The molecule has 11 heavy (non-hydrogen) atoms. The second-order valence-electron chi connectivity index (χ2n) is 3.21. The molecule has 0 aromatic heterocycles. The summed E-state index contributed by atoms with van der Waals surface area (Å²) in [4.78, 5) is 12.6. The van der Waals surface area contributed by atoms with Crippen LogP contribution in [0.4, 0.5) is 0 Å². The van der Waals surface area contributed by atoms with E-state index in [9.17, 15) is 4.79 Å². The number of aliphatic carboxylic acids is 1. The molecule has 0 aliphatic carbocycles. The predicted octanol–water partition coefficient (Wildman–Crippen LogP) is -0.458. The summed E-state index contributed by atoms with van der Waals surface area (Å²) >= 11 is 0. The Balaban J connectivity index is 2.17. The van der Waals surface area contributed by atoms with Gasteiger partial charge in [-0.3, -0.25) is 9.69 Å². The third kappa shape index (κ3) is 0.862. The topological polar surface area (TPSA) is 49.8 Å². The molecule has 0 aromatic carbocycles. The van der Waals surface area contributed by atoms with Crippen molar-refractivity contribution in [2.75, 3.05) is 13.7 Å². The Labute approximate surface area is 64.7 Å². The molecule has 3 atom stereocenters. The molecule has 0 radical (unpaired) electrons. The van der Waals surface area contributed by atoms with Gasteiger partial charge in [0.2, 0.25) is 0 Å². The fourth-order valence-corrected chi connectivity index (χ4v) is 1.97. The number of hydrogen-bond donors (Lipinski definition) is 1. The smallest absolute Gasteiger partial charge is 0.323 e. The largest absolute Gasteiger partial charge is 0.480 e. The molecule has 0 saturated carbocycles. The molecule has 2 aliphatic heterocycles. The zero-order valence-corrected chi connectivity index (χ0v) is 6.36. The Hall–Kier alpha value is -0.610. The van der Waals surface area contributed by atoms with Crippen LogP contribution in [0.25, 0.3) is 0 Å². The minimum atomic E-state index is -0.764. The van der Waals surface area contributed by atoms with Gasteiger partial charge in [0.05, 0.1) is 12.7 Å². The molecule has 0 spiro atoms. The van der Waals surface area contributed by atoms with Crippen molar-refractivity contribution in [3.8, 4) is 0 Å². The van der Waals surface area contributed by atoms with E-state index >= 15 is 0 Å². The van der Waals surface area contributed by atoms with Crippen LogP contribution >= 0.6 is 0 Å². The lowest BCUT2D eigenvalue weighted by atomic mass is 10.2. The van der Waals surface area contributed by atoms with Crippen LogP contribution < -0.4 is 0 Å². The molecule has 4 nitrogen and oxygen atoms in total. The van der Waals surface area contributed by atoms with E-state index in [1.807, 2.05) is 11.9 Å². The number of hydrogen-bond acceptors (Lipinski definition) is 3. The lowest BCUT2D eigenvalue weighted by Gasteiger charge is -2.28. The highest BCUT2D eigenvalue weighted by molar-refractivity contribution is 5.75. The summed E-state index contributed by atoms with van der Waals surface area (Å²) in [5, 5.41) is 8.78. The molecule has 2 aliphatic rings. The third-order valence-electron chi connectivity index (χ3n) is 2.63. The van der Waals surface area contributed by atoms with Crippen LogP contribution in [0.15, 0.2) is 0 Å². The average Bonchev–Trinajstić information content (AvgIpc) is 2.44. The van der Waals surface area contributed by atoms with E-state index in [2.05, 4.69) is 0 Å². The van der Waals surface area contributed by atoms with Crippen molar-refractivity contribution in [1.29, 1.82) is 0 Å². The zero-order chi connectivity index (χ0) is 8.01. The Kier molecular flexibility index (Phi) is 1.40. The van der Waals surface area contributed by atoms with Crippen LogP contribution in [-0.4, -0.2) is 47.8 Å². The minimum Gasteiger partial charge on any atom is -0.480 e. The molecule has 2 saturated heterocycles. The first-order valence-corrected chi connectivity index (χ1v) is 3.76. The van der Waals surface area contributed by atoms with Gasteiger partial charge < -0.3 is 9.84 Å². The highest BCUT2D eigenvalue weighted by atomic mass is 16.5. The molecule has 2 heterocycles. The average molecular weight is 157 g/mol. The SMILES string of the molecule is CN1C2COC(C2)C1C(=O)O. The van der Waals surface area contributed by atoms with Crippen molar-refractivity contribution in [2.24, 2.45) is 0 Å². The number of ether oxygens (including phenoxy) is 1. The number of nitrogens with zero attached hydrogens (tertiary/aromatic N) is 1. The van der Waals surface area contributed by atoms with Crippen LogP contribution in [0.2, 0.25) is 0 Å². The number of likely N-dealkylation sites (tertiary alicyclic amines) is 1. The van der Waals surface area contributed by atoms with E-state index in [-0.39, 0.29) is 6.10 Å². The summed E-state index contributed by atoms with van der Waals surface area (Å²) in [5.74, 6) is -0.764.